The maximum atomic E-state index is 13.8. The molecular weight excluding hydrogens is 436 g/mol. The molecule has 7 heteroatoms. The third-order valence-corrected chi connectivity index (χ3v) is 7.63. The first-order valence-corrected chi connectivity index (χ1v) is 12.6. The van der Waals surface area contributed by atoms with E-state index in [1.165, 1.54) is 0 Å². The fourth-order valence-electron chi connectivity index (χ4n) is 4.59. The van der Waals surface area contributed by atoms with Gasteiger partial charge >= 0.3 is 5.97 Å². The number of hydrogen-bond acceptors (Lipinski definition) is 4. The van der Waals surface area contributed by atoms with Crippen molar-refractivity contribution in [2.45, 2.75) is 72.3 Å². The molecule has 33 heavy (non-hydrogen) atoms. The zero-order valence-electron chi connectivity index (χ0n) is 20.6. The number of carboxylic acids is 1. The number of carbonyl (C=O) groups excluding carboxylic acids is 2. The summed E-state index contributed by atoms with van der Waals surface area (Å²) < 4.78 is 0. The summed E-state index contributed by atoms with van der Waals surface area (Å²) in [5.41, 5.74) is 0.227. The second-order valence-electron chi connectivity index (χ2n) is 10.9. The Hall–Kier alpha value is -2.33. The van der Waals surface area contributed by atoms with Crippen LogP contribution in [-0.4, -0.2) is 47.9 Å². The average molecular weight is 473 g/mol. The fourth-order valence-corrected chi connectivity index (χ4v) is 5.43. The van der Waals surface area contributed by atoms with Gasteiger partial charge in [-0.2, -0.15) is 0 Å². The normalized spacial score (nSPS) is 24.8. The van der Waals surface area contributed by atoms with Crippen LogP contribution in [-0.2, 0) is 9.59 Å². The van der Waals surface area contributed by atoms with E-state index in [1.807, 2.05) is 20.8 Å². The topological polar surface area (TPSA) is 77.9 Å². The van der Waals surface area contributed by atoms with Crippen LogP contribution in [0.1, 0.15) is 80.8 Å². The Morgan fingerprint density at radius 3 is 2.15 bits per heavy atom. The molecule has 1 heterocycles. The van der Waals surface area contributed by atoms with Crippen LogP contribution >= 0.6 is 11.3 Å². The molecule has 2 saturated carbocycles. The van der Waals surface area contributed by atoms with E-state index >= 15 is 0 Å². The number of hydrogen-bond donors (Lipinski definition) is 1. The molecule has 2 aliphatic carbocycles. The molecule has 0 unspecified atom stereocenters. The first-order valence-electron chi connectivity index (χ1n) is 11.8. The molecule has 0 bridgehead atoms. The van der Waals surface area contributed by atoms with E-state index in [0.717, 1.165) is 37.0 Å². The van der Waals surface area contributed by atoms with E-state index in [2.05, 4.69) is 18.8 Å². The molecule has 0 saturated heterocycles. The minimum absolute atomic E-state index is 0.00159. The van der Waals surface area contributed by atoms with Crippen molar-refractivity contribution in [1.29, 1.82) is 0 Å². The molecule has 1 aromatic rings. The Labute approximate surface area is 201 Å². The van der Waals surface area contributed by atoms with Crippen LogP contribution in [0.25, 0.3) is 0 Å². The van der Waals surface area contributed by atoms with Gasteiger partial charge in [0.2, 0.25) is 11.8 Å². The molecule has 0 atom stereocenters. The van der Waals surface area contributed by atoms with Crippen molar-refractivity contribution in [3.8, 4) is 11.8 Å². The predicted molar refractivity (Wildman–Crippen MR) is 131 cm³/mol. The average Bonchev–Trinajstić information content (AvgIpc) is 3.12. The summed E-state index contributed by atoms with van der Waals surface area (Å²) in [4.78, 5) is 42.4. The number of amides is 2. The van der Waals surface area contributed by atoms with Gasteiger partial charge in [-0.3, -0.25) is 9.59 Å². The standard InChI is InChI=1S/C26H36N2O4S/c1-16-7-9-17(10-8-16)24(30)28(19-13-18(14-19)23(29)27(5)6)21-15-20(11-12-26(2,3)4)33-22(21)25(31)32/h15-19H,7-10,13-14H2,1-6H3,(H,31,32)/t16-,17-,18-,19+. The molecular formula is C26H36N2O4S. The van der Waals surface area contributed by atoms with Gasteiger partial charge in [-0.1, -0.05) is 18.8 Å². The van der Waals surface area contributed by atoms with Crippen molar-refractivity contribution < 1.29 is 19.5 Å². The van der Waals surface area contributed by atoms with Crippen LogP contribution < -0.4 is 4.90 Å². The van der Waals surface area contributed by atoms with Gasteiger partial charge in [0.25, 0.3) is 0 Å². The van der Waals surface area contributed by atoms with Gasteiger partial charge in [-0.15, -0.1) is 11.3 Å². The lowest BCUT2D eigenvalue weighted by atomic mass is 9.76. The number of anilines is 1. The van der Waals surface area contributed by atoms with Gasteiger partial charge in [0, 0.05) is 37.4 Å². The SMILES string of the molecule is CN(C)C(=O)[C@H]1C[C@@H](N(c2cc(C#CC(C)(C)C)sc2C(=O)O)C(=O)[C@H]2CC[C@H](C)CC2)C1. The minimum Gasteiger partial charge on any atom is -0.477 e. The van der Waals surface area contributed by atoms with Gasteiger partial charge in [0.05, 0.1) is 10.6 Å². The highest BCUT2D eigenvalue weighted by atomic mass is 32.1. The van der Waals surface area contributed by atoms with Gasteiger partial charge < -0.3 is 14.9 Å². The third kappa shape index (κ3) is 5.97. The molecule has 3 rings (SSSR count). The first-order chi connectivity index (χ1) is 15.4. The highest BCUT2D eigenvalue weighted by Gasteiger charge is 2.44. The monoisotopic (exact) mass is 472 g/mol. The van der Waals surface area contributed by atoms with E-state index in [1.54, 1.807) is 30.0 Å². The van der Waals surface area contributed by atoms with Gasteiger partial charge in [0.1, 0.15) is 4.88 Å². The summed E-state index contributed by atoms with van der Waals surface area (Å²) in [6.45, 7) is 8.22. The number of aromatic carboxylic acids is 1. The molecule has 2 fully saturated rings. The summed E-state index contributed by atoms with van der Waals surface area (Å²) in [5.74, 6) is 5.66. The van der Waals surface area contributed by atoms with Crippen molar-refractivity contribution in [1.82, 2.24) is 4.90 Å². The van der Waals surface area contributed by atoms with Gasteiger partial charge in [-0.05, 0) is 71.3 Å². The highest BCUT2D eigenvalue weighted by Crippen LogP contribution is 2.42. The second kappa shape index (κ2) is 9.89. The van der Waals surface area contributed by atoms with Crippen LogP contribution in [0.15, 0.2) is 6.07 Å². The summed E-state index contributed by atoms with van der Waals surface area (Å²) in [6.07, 6.45) is 4.79. The number of rotatable bonds is 5. The highest BCUT2D eigenvalue weighted by molar-refractivity contribution is 7.15. The molecule has 6 nitrogen and oxygen atoms in total. The Morgan fingerprint density at radius 2 is 1.64 bits per heavy atom. The molecule has 1 aromatic heterocycles. The van der Waals surface area contributed by atoms with Crippen molar-refractivity contribution in [3.05, 3.63) is 15.8 Å². The van der Waals surface area contributed by atoms with Crippen molar-refractivity contribution in [2.24, 2.45) is 23.2 Å². The van der Waals surface area contributed by atoms with E-state index in [-0.39, 0.29) is 40.0 Å². The number of carbonyl (C=O) groups is 3. The van der Waals surface area contributed by atoms with Crippen LogP contribution in [0.3, 0.4) is 0 Å². The summed E-state index contributed by atoms with van der Waals surface area (Å²) in [7, 11) is 3.48. The molecule has 0 aromatic carbocycles. The summed E-state index contributed by atoms with van der Waals surface area (Å²) in [6, 6.07) is 1.60. The molecule has 180 valence electrons. The van der Waals surface area contributed by atoms with Crippen molar-refractivity contribution in [2.75, 3.05) is 19.0 Å². The lowest BCUT2D eigenvalue weighted by Gasteiger charge is -2.44. The van der Waals surface area contributed by atoms with Crippen molar-refractivity contribution in [3.63, 3.8) is 0 Å². The lowest BCUT2D eigenvalue weighted by molar-refractivity contribution is -0.137. The largest absolute Gasteiger partial charge is 0.477 e. The molecule has 1 N–H and O–H groups in total. The Balaban J connectivity index is 1.96. The maximum absolute atomic E-state index is 13.8. The Morgan fingerprint density at radius 1 is 1.03 bits per heavy atom. The van der Waals surface area contributed by atoms with E-state index in [4.69, 9.17) is 0 Å². The molecule has 0 radical (unpaired) electrons. The lowest BCUT2D eigenvalue weighted by Crippen LogP contribution is -2.53. The Kier molecular flexibility index (Phi) is 7.58. The van der Waals surface area contributed by atoms with Crippen LogP contribution in [0.5, 0.6) is 0 Å². The zero-order chi connectivity index (χ0) is 24.5. The van der Waals surface area contributed by atoms with Crippen molar-refractivity contribution >= 4 is 34.8 Å². The van der Waals surface area contributed by atoms with Gasteiger partial charge in [0.15, 0.2) is 0 Å². The van der Waals surface area contributed by atoms with E-state index in [9.17, 15) is 19.5 Å². The van der Waals surface area contributed by atoms with E-state index < -0.39 is 5.97 Å². The second-order valence-corrected chi connectivity index (χ2v) is 11.9. The van der Waals surface area contributed by atoms with Crippen LogP contribution in [0, 0.1) is 35.0 Å². The van der Waals surface area contributed by atoms with Crippen LogP contribution in [0.4, 0.5) is 5.69 Å². The smallest absolute Gasteiger partial charge is 0.348 e. The van der Waals surface area contributed by atoms with Gasteiger partial charge in [-0.25, -0.2) is 4.79 Å². The summed E-state index contributed by atoms with van der Waals surface area (Å²) >= 11 is 1.12. The quantitative estimate of drug-likeness (QED) is 0.620. The Bertz CT molecular complexity index is 965. The number of nitrogens with zero attached hydrogens (tertiary/aromatic N) is 2. The summed E-state index contributed by atoms with van der Waals surface area (Å²) in [5, 5.41) is 9.93. The molecule has 2 aliphatic rings. The molecule has 2 amide bonds. The molecule has 0 aliphatic heterocycles. The third-order valence-electron chi connectivity index (χ3n) is 6.60. The molecule has 0 spiro atoms. The predicted octanol–water partition coefficient (Wildman–Crippen LogP) is 4.87. The first kappa shape index (κ1) is 25.3. The zero-order valence-corrected chi connectivity index (χ0v) is 21.4. The minimum atomic E-state index is -1.05. The number of thiophene rings is 1. The fraction of sp³-hybridized carbons (Fsp3) is 0.654. The van der Waals surface area contributed by atoms with Crippen LogP contribution in [0.2, 0.25) is 0 Å². The number of carboxylic acid groups (broad SMARTS) is 1. The van der Waals surface area contributed by atoms with E-state index in [0.29, 0.717) is 29.3 Å². The maximum Gasteiger partial charge on any atom is 0.348 e.